The highest BCUT2D eigenvalue weighted by atomic mass is 35.5. The minimum atomic E-state index is -4.79. The Hall–Kier alpha value is -5.26. The van der Waals surface area contributed by atoms with Crippen LogP contribution in [-0.4, -0.2) is 39.9 Å². The summed E-state index contributed by atoms with van der Waals surface area (Å²) >= 11 is 12.5. The minimum Gasteiger partial charge on any atom is -0.495 e. The molecule has 2 N–H and O–H groups in total. The van der Waals surface area contributed by atoms with Crippen LogP contribution in [0.2, 0.25) is 10.0 Å². The summed E-state index contributed by atoms with van der Waals surface area (Å²) in [6.07, 6.45) is -0.650. The number of imidazole rings is 1. The van der Waals surface area contributed by atoms with E-state index in [1.807, 2.05) is 30.3 Å². The average Bonchev–Trinajstić information content (AvgIpc) is 3.45. The average molecular weight is 725 g/mol. The van der Waals surface area contributed by atoms with E-state index in [0.717, 1.165) is 28.8 Å². The van der Waals surface area contributed by atoms with Gasteiger partial charge in [-0.1, -0.05) is 65.7 Å². The molecule has 1 amide bonds. The molecule has 1 aromatic heterocycles. The number of hydrogen-bond acceptors (Lipinski definition) is 5. The van der Waals surface area contributed by atoms with E-state index in [1.54, 1.807) is 62.5 Å². The molecule has 0 spiro atoms. The van der Waals surface area contributed by atoms with E-state index in [9.17, 15) is 27.9 Å². The number of anilines is 1. The first kappa shape index (κ1) is 36.0. The summed E-state index contributed by atoms with van der Waals surface area (Å²) in [6, 6.07) is 20.6. The van der Waals surface area contributed by atoms with Gasteiger partial charge in [-0.15, -0.1) is 0 Å². The van der Waals surface area contributed by atoms with Crippen LogP contribution in [0.15, 0.2) is 85.1 Å². The van der Waals surface area contributed by atoms with Gasteiger partial charge in [0.25, 0.3) is 0 Å². The van der Waals surface area contributed by atoms with Gasteiger partial charge >= 0.3 is 18.2 Å². The fraction of sp³-hybridized carbons (Fsp3) is 0.162. The lowest BCUT2D eigenvalue weighted by atomic mass is 10.0. The molecule has 4 aromatic carbocycles. The molecule has 0 aliphatic rings. The van der Waals surface area contributed by atoms with Crippen LogP contribution in [0.5, 0.6) is 5.75 Å². The van der Waals surface area contributed by atoms with Gasteiger partial charge in [0.15, 0.2) is 0 Å². The lowest BCUT2D eigenvalue weighted by Gasteiger charge is -2.15. The number of rotatable bonds is 10. The second-order valence-electron chi connectivity index (χ2n) is 11.4. The number of aromatic carboxylic acids is 1. The number of aromatic nitrogens is 2. The standard InChI is InChI=1S/C37H30Cl2F3N3O5/c1-21(2)50-36(48)44-31-14-11-24(17-33(31)49-3)23-7-4-22(5-8-23)6-15-34-43-32(28-13-12-27(38)18-30(28)39)20-45(34)19-26-10-9-25(35(46)47)16-29(26)37(40,41)42/h4-18,20-21H,19H2,1-3H3,(H,44,48)(H,46,47)/b15-6+. The Kier molecular flexibility index (Phi) is 10.9. The van der Waals surface area contributed by atoms with E-state index in [1.165, 1.54) is 11.7 Å². The first-order valence-electron chi connectivity index (χ1n) is 15.1. The van der Waals surface area contributed by atoms with Crippen molar-refractivity contribution in [2.24, 2.45) is 0 Å². The van der Waals surface area contributed by atoms with Crippen LogP contribution in [-0.2, 0) is 17.5 Å². The molecular formula is C37H30Cl2F3N3O5. The number of carboxylic acid groups (broad SMARTS) is 1. The lowest BCUT2D eigenvalue weighted by Crippen LogP contribution is -2.18. The maximum Gasteiger partial charge on any atom is 0.416 e. The van der Waals surface area contributed by atoms with E-state index in [-0.39, 0.29) is 18.2 Å². The lowest BCUT2D eigenvalue weighted by molar-refractivity contribution is -0.138. The number of nitrogens with zero attached hydrogens (tertiary/aromatic N) is 2. The van der Waals surface area contributed by atoms with Gasteiger partial charge in [0.1, 0.15) is 11.6 Å². The largest absolute Gasteiger partial charge is 0.495 e. The highest BCUT2D eigenvalue weighted by Gasteiger charge is 2.34. The number of hydrogen-bond donors (Lipinski definition) is 2. The van der Waals surface area contributed by atoms with Gasteiger partial charge in [0, 0.05) is 23.3 Å². The Morgan fingerprint density at radius 3 is 2.32 bits per heavy atom. The van der Waals surface area contributed by atoms with Gasteiger partial charge in [-0.2, -0.15) is 13.2 Å². The summed E-state index contributed by atoms with van der Waals surface area (Å²) in [6.45, 7) is 3.24. The fourth-order valence-electron chi connectivity index (χ4n) is 5.10. The second kappa shape index (κ2) is 15.1. The molecule has 0 fully saturated rings. The van der Waals surface area contributed by atoms with Crippen molar-refractivity contribution in [1.82, 2.24) is 9.55 Å². The quantitative estimate of drug-likeness (QED) is 0.149. The minimum absolute atomic E-state index is 0.138. The van der Waals surface area contributed by atoms with Gasteiger partial charge in [-0.05, 0) is 84.6 Å². The van der Waals surface area contributed by atoms with Crippen LogP contribution in [0.4, 0.5) is 23.7 Å². The molecule has 0 saturated heterocycles. The van der Waals surface area contributed by atoms with Crippen molar-refractivity contribution in [2.75, 3.05) is 12.4 Å². The molecule has 13 heteroatoms. The number of halogens is 5. The van der Waals surface area contributed by atoms with Crippen LogP contribution >= 0.6 is 23.2 Å². The Bertz CT molecular complexity index is 2080. The molecule has 258 valence electrons. The van der Waals surface area contributed by atoms with Gasteiger partial charge in [0.05, 0.1) is 40.7 Å². The first-order valence-corrected chi connectivity index (χ1v) is 15.9. The van der Waals surface area contributed by atoms with Gasteiger partial charge < -0.3 is 19.1 Å². The molecule has 0 aliphatic heterocycles. The number of amides is 1. The van der Waals surface area contributed by atoms with Crippen molar-refractivity contribution in [3.8, 4) is 28.1 Å². The number of methoxy groups -OCH3 is 1. The molecule has 0 atom stereocenters. The van der Waals surface area contributed by atoms with Crippen LogP contribution in [0.3, 0.4) is 0 Å². The van der Waals surface area contributed by atoms with Crippen LogP contribution in [0.25, 0.3) is 34.5 Å². The third kappa shape index (κ3) is 8.66. The molecule has 5 aromatic rings. The van der Waals surface area contributed by atoms with E-state index >= 15 is 0 Å². The molecule has 0 bridgehead atoms. The molecule has 0 saturated carbocycles. The third-order valence-corrected chi connectivity index (χ3v) is 8.02. The van der Waals surface area contributed by atoms with Crippen molar-refractivity contribution < 1.29 is 37.3 Å². The molecule has 0 unspecified atom stereocenters. The van der Waals surface area contributed by atoms with Crippen LogP contribution in [0, 0.1) is 0 Å². The van der Waals surface area contributed by atoms with Crippen LogP contribution < -0.4 is 10.1 Å². The topological polar surface area (TPSA) is 103 Å². The van der Waals surface area contributed by atoms with E-state index < -0.39 is 29.4 Å². The zero-order chi connectivity index (χ0) is 36.2. The summed E-state index contributed by atoms with van der Waals surface area (Å²) in [4.78, 5) is 28.2. The number of alkyl halides is 3. The highest BCUT2D eigenvalue weighted by molar-refractivity contribution is 6.36. The zero-order valence-corrected chi connectivity index (χ0v) is 28.4. The number of nitrogens with one attached hydrogen (secondary N) is 1. The molecule has 1 heterocycles. The van der Waals surface area contributed by atoms with Crippen molar-refractivity contribution in [3.05, 3.63) is 123 Å². The molecule has 0 aliphatic carbocycles. The summed E-state index contributed by atoms with van der Waals surface area (Å²) in [5.74, 6) is -0.688. The normalized spacial score (nSPS) is 11.6. The first-order chi connectivity index (χ1) is 23.7. The van der Waals surface area contributed by atoms with E-state index in [2.05, 4.69) is 10.3 Å². The fourth-order valence-corrected chi connectivity index (χ4v) is 5.60. The SMILES string of the molecule is COc1cc(-c2ccc(/C=C/c3nc(-c4ccc(Cl)cc4Cl)cn3Cc3ccc(C(=O)O)cc3C(F)(F)F)cc2)ccc1NC(=O)OC(C)C. The monoisotopic (exact) mass is 723 g/mol. The molecule has 8 nitrogen and oxygen atoms in total. The smallest absolute Gasteiger partial charge is 0.416 e. The second-order valence-corrected chi connectivity index (χ2v) is 12.2. The van der Waals surface area contributed by atoms with Crippen LogP contribution in [0.1, 0.15) is 46.7 Å². The molecule has 5 rings (SSSR count). The van der Waals surface area contributed by atoms with Gasteiger partial charge in [-0.3, -0.25) is 5.32 Å². The molecule has 50 heavy (non-hydrogen) atoms. The summed E-state index contributed by atoms with van der Waals surface area (Å²) in [5.41, 5.74) is 2.19. The third-order valence-electron chi connectivity index (χ3n) is 7.47. The maximum atomic E-state index is 14.0. The summed E-state index contributed by atoms with van der Waals surface area (Å²) < 4.78 is 54.3. The number of carbonyl (C=O) groups is 2. The number of carboxylic acids is 1. The number of carbonyl (C=O) groups excluding carboxylic acids is 1. The number of benzene rings is 4. The van der Waals surface area contributed by atoms with Gasteiger partial charge in [-0.25, -0.2) is 14.6 Å². The van der Waals surface area contributed by atoms with Crippen molar-refractivity contribution >= 4 is 53.1 Å². The van der Waals surface area contributed by atoms with Crippen molar-refractivity contribution in [1.29, 1.82) is 0 Å². The highest BCUT2D eigenvalue weighted by Crippen LogP contribution is 2.35. The maximum absolute atomic E-state index is 14.0. The summed E-state index contributed by atoms with van der Waals surface area (Å²) in [5, 5.41) is 12.7. The molecule has 0 radical (unpaired) electrons. The van der Waals surface area contributed by atoms with E-state index in [0.29, 0.717) is 44.6 Å². The Morgan fingerprint density at radius 2 is 1.68 bits per heavy atom. The van der Waals surface area contributed by atoms with Crippen molar-refractivity contribution in [3.63, 3.8) is 0 Å². The number of ether oxygens (including phenoxy) is 2. The van der Waals surface area contributed by atoms with Crippen molar-refractivity contribution in [2.45, 2.75) is 32.7 Å². The predicted molar refractivity (Wildman–Crippen MR) is 188 cm³/mol. The Balaban J connectivity index is 1.45. The summed E-state index contributed by atoms with van der Waals surface area (Å²) in [7, 11) is 1.50. The Morgan fingerprint density at radius 1 is 0.960 bits per heavy atom. The predicted octanol–water partition coefficient (Wildman–Crippen LogP) is 10.4. The van der Waals surface area contributed by atoms with Gasteiger partial charge in [0.2, 0.25) is 0 Å². The molecular weight excluding hydrogens is 694 g/mol. The zero-order valence-electron chi connectivity index (χ0n) is 26.9. The Labute approximate surface area is 295 Å². The van der Waals surface area contributed by atoms with E-state index in [4.69, 9.17) is 32.7 Å².